The summed E-state index contributed by atoms with van der Waals surface area (Å²) in [5.41, 5.74) is -2.63. The Hall–Kier alpha value is -2.23. The largest absolute Gasteiger partial charge is 0.416 e. The number of carbonyl (C=O) groups is 2. The fourth-order valence-electron chi connectivity index (χ4n) is 2.92. The molecule has 1 aromatic carbocycles. The number of rotatable bonds is 12. The van der Waals surface area contributed by atoms with Crippen molar-refractivity contribution < 1.29 is 31.5 Å². The van der Waals surface area contributed by atoms with Gasteiger partial charge in [-0.1, -0.05) is 20.8 Å². The molecule has 0 aliphatic heterocycles. The number of halogens is 5. The van der Waals surface area contributed by atoms with Crippen molar-refractivity contribution in [3.8, 4) is 0 Å². The molecular weight excluding hydrogens is 433 g/mol. The van der Waals surface area contributed by atoms with Crippen LogP contribution >= 0.6 is 0 Å². The first-order chi connectivity index (χ1) is 14.8. The van der Waals surface area contributed by atoms with Gasteiger partial charge in [0, 0.05) is 31.1 Å². The van der Waals surface area contributed by atoms with Crippen LogP contribution in [0.4, 0.5) is 22.0 Å². The highest BCUT2D eigenvalue weighted by molar-refractivity contribution is 5.94. The highest BCUT2D eigenvalue weighted by Crippen LogP contribution is 2.35. The monoisotopic (exact) mass is 465 g/mol. The molecule has 0 aromatic heterocycles. The van der Waals surface area contributed by atoms with Gasteiger partial charge in [-0.25, -0.2) is 8.78 Å². The molecule has 1 rings (SSSR count). The van der Waals surface area contributed by atoms with E-state index in [9.17, 15) is 31.5 Å². The van der Waals surface area contributed by atoms with Crippen molar-refractivity contribution in [2.45, 2.75) is 52.6 Å². The van der Waals surface area contributed by atoms with Gasteiger partial charge in [-0.2, -0.15) is 13.2 Å². The van der Waals surface area contributed by atoms with Gasteiger partial charge in [-0.3, -0.25) is 14.5 Å². The van der Waals surface area contributed by atoms with E-state index in [-0.39, 0.29) is 24.9 Å². The Labute approximate surface area is 185 Å². The lowest BCUT2D eigenvalue weighted by atomic mass is 10.0. The molecule has 0 spiro atoms. The molecular formula is C22H32F5N3O2. The lowest BCUT2D eigenvalue weighted by molar-refractivity contribution is -0.137. The molecule has 0 saturated heterocycles. The average Bonchev–Trinajstić information content (AvgIpc) is 2.71. The number of likely N-dealkylation sites (N-methyl/N-ethyl adjacent to an activating group) is 1. The smallest absolute Gasteiger partial charge is 0.355 e. The minimum atomic E-state index is -4.85. The first-order valence-electron chi connectivity index (χ1n) is 10.7. The molecule has 0 saturated carbocycles. The van der Waals surface area contributed by atoms with Crippen LogP contribution in [0.15, 0.2) is 18.2 Å². The molecule has 1 atom stereocenters. The number of hydrogen-bond acceptors (Lipinski definition) is 3. The van der Waals surface area contributed by atoms with Crippen molar-refractivity contribution in [3.63, 3.8) is 0 Å². The molecule has 2 N–H and O–H groups in total. The van der Waals surface area contributed by atoms with Gasteiger partial charge in [0.25, 0.3) is 11.8 Å². The summed E-state index contributed by atoms with van der Waals surface area (Å²) in [5, 5.41) is 5.32. The van der Waals surface area contributed by atoms with Crippen LogP contribution in [0.5, 0.6) is 0 Å². The van der Waals surface area contributed by atoms with Crippen molar-refractivity contribution in [2.24, 2.45) is 5.92 Å². The zero-order valence-electron chi connectivity index (χ0n) is 18.9. The Morgan fingerprint density at radius 3 is 2.19 bits per heavy atom. The first-order valence-corrected chi connectivity index (χ1v) is 10.7. The SMILES string of the molecule is CCCNC(=O)CN(CC)CCC(C)CNC(=O)c1cc(C(C)(F)F)cc(C(F)(F)F)c1. The van der Waals surface area contributed by atoms with Crippen LogP contribution in [0.2, 0.25) is 0 Å². The van der Waals surface area contributed by atoms with Gasteiger partial charge in [-0.15, -0.1) is 0 Å². The maximum Gasteiger partial charge on any atom is 0.416 e. The third-order valence-electron chi connectivity index (χ3n) is 4.97. The predicted octanol–water partition coefficient (Wildman–Crippen LogP) is 4.42. The third-order valence-corrected chi connectivity index (χ3v) is 4.97. The van der Waals surface area contributed by atoms with Crippen molar-refractivity contribution >= 4 is 11.8 Å². The normalized spacial score (nSPS) is 13.2. The van der Waals surface area contributed by atoms with E-state index in [1.54, 1.807) is 0 Å². The van der Waals surface area contributed by atoms with Crippen molar-refractivity contribution in [2.75, 3.05) is 32.7 Å². The second-order valence-electron chi connectivity index (χ2n) is 8.01. The lowest BCUT2D eigenvalue weighted by Crippen LogP contribution is -2.38. The zero-order valence-corrected chi connectivity index (χ0v) is 18.9. The van der Waals surface area contributed by atoms with Gasteiger partial charge in [0.05, 0.1) is 12.1 Å². The van der Waals surface area contributed by atoms with Crippen LogP contribution < -0.4 is 10.6 Å². The zero-order chi connectivity index (χ0) is 24.5. The third kappa shape index (κ3) is 9.50. The van der Waals surface area contributed by atoms with E-state index in [0.717, 1.165) is 12.5 Å². The van der Waals surface area contributed by atoms with Crippen LogP contribution in [-0.4, -0.2) is 49.4 Å². The number of carbonyl (C=O) groups excluding carboxylic acids is 2. The number of benzene rings is 1. The van der Waals surface area contributed by atoms with Gasteiger partial charge >= 0.3 is 6.18 Å². The highest BCUT2D eigenvalue weighted by Gasteiger charge is 2.35. The van der Waals surface area contributed by atoms with Crippen LogP contribution in [0.25, 0.3) is 0 Å². The molecule has 0 radical (unpaired) electrons. The van der Waals surface area contributed by atoms with Crippen LogP contribution in [-0.2, 0) is 16.9 Å². The summed E-state index contributed by atoms with van der Waals surface area (Å²) in [6.07, 6.45) is -3.37. The van der Waals surface area contributed by atoms with E-state index in [1.807, 2.05) is 25.7 Å². The van der Waals surface area contributed by atoms with E-state index in [1.165, 1.54) is 0 Å². The molecule has 10 heteroatoms. The van der Waals surface area contributed by atoms with Gasteiger partial charge in [-0.05, 0) is 50.0 Å². The summed E-state index contributed by atoms with van der Waals surface area (Å²) < 4.78 is 66.5. The second-order valence-corrected chi connectivity index (χ2v) is 8.01. The number of alkyl halides is 5. The predicted molar refractivity (Wildman–Crippen MR) is 113 cm³/mol. The molecule has 0 aliphatic carbocycles. The molecule has 0 bridgehead atoms. The van der Waals surface area contributed by atoms with E-state index in [4.69, 9.17) is 0 Å². The Morgan fingerprint density at radius 2 is 1.66 bits per heavy atom. The Morgan fingerprint density at radius 1 is 1.03 bits per heavy atom. The maximum atomic E-state index is 13.6. The van der Waals surface area contributed by atoms with Gasteiger partial charge in [0.1, 0.15) is 0 Å². The quantitative estimate of drug-likeness (QED) is 0.449. The molecule has 0 aliphatic rings. The van der Waals surface area contributed by atoms with Crippen molar-refractivity contribution in [3.05, 3.63) is 34.9 Å². The van der Waals surface area contributed by atoms with Gasteiger partial charge in [0.2, 0.25) is 5.91 Å². The van der Waals surface area contributed by atoms with Crippen LogP contribution in [0.1, 0.15) is 62.0 Å². The summed E-state index contributed by atoms with van der Waals surface area (Å²) in [6, 6.07) is 1.71. The van der Waals surface area contributed by atoms with E-state index in [2.05, 4.69) is 10.6 Å². The minimum absolute atomic E-state index is 0.0374. The molecule has 182 valence electrons. The standard InChI is InChI=1S/C22H32F5N3O2/c1-5-8-28-19(31)14-30(6-2)9-7-15(3)13-29-20(32)16-10-17(21(4,23)24)12-18(11-16)22(25,26)27/h10-12,15H,5-9,13-14H2,1-4H3,(H,28,31)(H,29,32). The van der Waals surface area contributed by atoms with E-state index < -0.39 is 34.7 Å². The molecule has 1 aromatic rings. The number of hydrogen-bond donors (Lipinski definition) is 2. The minimum Gasteiger partial charge on any atom is -0.355 e. The summed E-state index contributed by atoms with van der Waals surface area (Å²) >= 11 is 0. The summed E-state index contributed by atoms with van der Waals surface area (Å²) in [4.78, 5) is 26.2. The Bertz CT molecular complexity index is 731. The first kappa shape index (κ1) is 27.8. The fraction of sp³-hybridized carbons (Fsp3) is 0.636. The molecule has 0 fully saturated rings. The average molecular weight is 466 g/mol. The molecule has 1 unspecified atom stereocenters. The molecule has 2 amide bonds. The molecule has 0 heterocycles. The van der Waals surface area contributed by atoms with E-state index >= 15 is 0 Å². The number of nitrogens with one attached hydrogen (secondary N) is 2. The number of amides is 2. The second kappa shape index (κ2) is 12.1. The van der Waals surface area contributed by atoms with Gasteiger partial charge < -0.3 is 10.6 Å². The lowest BCUT2D eigenvalue weighted by Gasteiger charge is -2.22. The van der Waals surface area contributed by atoms with Crippen molar-refractivity contribution in [1.82, 2.24) is 15.5 Å². The Balaban J connectivity index is 2.70. The maximum absolute atomic E-state index is 13.6. The van der Waals surface area contributed by atoms with Crippen LogP contribution in [0.3, 0.4) is 0 Å². The number of nitrogens with zero attached hydrogens (tertiary/aromatic N) is 1. The fourth-order valence-corrected chi connectivity index (χ4v) is 2.92. The van der Waals surface area contributed by atoms with Crippen molar-refractivity contribution in [1.29, 1.82) is 0 Å². The Kier molecular flexibility index (Phi) is 10.5. The highest BCUT2D eigenvalue weighted by atomic mass is 19.4. The van der Waals surface area contributed by atoms with Gasteiger partial charge in [0.15, 0.2) is 0 Å². The molecule has 32 heavy (non-hydrogen) atoms. The summed E-state index contributed by atoms with van der Waals surface area (Å²) in [5.74, 6) is -4.47. The summed E-state index contributed by atoms with van der Waals surface area (Å²) in [7, 11) is 0. The molecule has 5 nitrogen and oxygen atoms in total. The van der Waals surface area contributed by atoms with Crippen LogP contribution in [0, 0.1) is 5.92 Å². The van der Waals surface area contributed by atoms with E-state index in [0.29, 0.717) is 45.1 Å². The topological polar surface area (TPSA) is 61.4 Å². The summed E-state index contributed by atoms with van der Waals surface area (Å²) in [6.45, 7) is 8.51.